The molecule has 0 N–H and O–H groups in total. The van der Waals surface area contributed by atoms with Gasteiger partial charge in [-0.3, -0.25) is 9.36 Å². The minimum atomic E-state index is -0.331. The van der Waals surface area contributed by atoms with Crippen molar-refractivity contribution in [2.45, 2.75) is 6.04 Å². The lowest BCUT2D eigenvalue weighted by atomic mass is 9.97. The predicted octanol–water partition coefficient (Wildman–Crippen LogP) is 5.59. The molecule has 5 aromatic rings. The fraction of sp³-hybridized carbons (Fsp3) is 0.148. The average molecular weight is 531 g/mol. The van der Waals surface area contributed by atoms with Gasteiger partial charge in [0.1, 0.15) is 5.52 Å². The van der Waals surface area contributed by atoms with E-state index >= 15 is 0 Å². The van der Waals surface area contributed by atoms with E-state index in [0.29, 0.717) is 17.0 Å². The maximum absolute atomic E-state index is 13.4. The van der Waals surface area contributed by atoms with Crippen molar-refractivity contribution in [2.24, 2.45) is 7.05 Å². The number of oxazole rings is 1. The van der Waals surface area contributed by atoms with Crippen molar-refractivity contribution in [1.29, 1.82) is 0 Å². The Kier molecular flexibility index (Phi) is 6.13. The number of benzene rings is 3. The second-order valence-electron chi connectivity index (χ2n) is 8.12. The molecule has 0 aliphatic rings. The Balaban J connectivity index is 1.71. The number of hydrogen-bond acceptors (Lipinski definition) is 6. The van der Waals surface area contributed by atoms with Gasteiger partial charge in [-0.1, -0.05) is 70.5 Å². The van der Waals surface area contributed by atoms with E-state index in [9.17, 15) is 4.79 Å². The topological polar surface area (TPSA) is 73.4 Å². The maximum Gasteiger partial charge on any atom is 0.297 e. The minimum absolute atomic E-state index is 0.0786. The molecule has 0 saturated carbocycles. The molecule has 7 nitrogen and oxygen atoms in total. The largest absolute Gasteiger partial charge is 0.489 e. The van der Waals surface area contributed by atoms with Crippen LogP contribution in [0.5, 0.6) is 5.75 Å². The van der Waals surface area contributed by atoms with Gasteiger partial charge in [-0.05, 0) is 35.4 Å². The van der Waals surface area contributed by atoms with Crippen LogP contribution in [0.1, 0.15) is 17.2 Å². The van der Waals surface area contributed by atoms with Crippen LogP contribution in [0.25, 0.3) is 22.7 Å². The molecule has 0 fully saturated rings. The third kappa shape index (κ3) is 4.21. The van der Waals surface area contributed by atoms with Crippen molar-refractivity contribution < 1.29 is 9.15 Å². The van der Waals surface area contributed by atoms with Gasteiger partial charge in [0.2, 0.25) is 11.7 Å². The van der Waals surface area contributed by atoms with Gasteiger partial charge in [-0.2, -0.15) is 0 Å². The molecule has 35 heavy (non-hydrogen) atoms. The molecule has 5 rings (SSSR count). The van der Waals surface area contributed by atoms with Crippen LogP contribution in [0, 0.1) is 0 Å². The summed E-state index contributed by atoms with van der Waals surface area (Å²) in [7, 11) is 5.05. The Hall–Kier alpha value is -3.91. The van der Waals surface area contributed by atoms with Crippen LogP contribution in [-0.2, 0) is 7.05 Å². The first-order valence-corrected chi connectivity index (χ1v) is 11.8. The zero-order chi connectivity index (χ0) is 24.5. The lowest BCUT2D eigenvalue weighted by Gasteiger charge is -2.31. The molecule has 0 unspecified atom stereocenters. The Morgan fingerprint density at radius 1 is 0.971 bits per heavy atom. The van der Waals surface area contributed by atoms with Crippen LogP contribution in [0.4, 0.5) is 5.95 Å². The molecular weight excluding hydrogens is 508 g/mol. The number of para-hydroxylation sites is 2. The van der Waals surface area contributed by atoms with E-state index < -0.39 is 0 Å². The van der Waals surface area contributed by atoms with Gasteiger partial charge in [-0.25, -0.2) is 9.97 Å². The van der Waals surface area contributed by atoms with E-state index in [1.165, 1.54) is 11.7 Å². The lowest BCUT2D eigenvalue weighted by molar-refractivity contribution is 0.401. The summed E-state index contributed by atoms with van der Waals surface area (Å²) >= 11 is 3.59. The summed E-state index contributed by atoms with van der Waals surface area (Å²) in [5, 5.41) is 0. The molecule has 0 spiro atoms. The summed E-state index contributed by atoms with van der Waals surface area (Å²) in [4.78, 5) is 24.8. The Morgan fingerprint density at radius 2 is 1.69 bits per heavy atom. The normalized spacial score (nSPS) is 12.0. The smallest absolute Gasteiger partial charge is 0.297 e. The fourth-order valence-electron chi connectivity index (χ4n) is 4.26. The summed E-state index contributed by atoms with van der Waals surface area (Å²) in [6.45, 7) is 0. The first-order valence-electron chi connectivity index (χ1n) is 11.0. The highest BCUT2D eigenvalue weighted by atomic mass is 79.9. The molecular formula is C27H23BrN4O3. The molecule has 0 radical (unpaired) electrons. The molecule has 0 aliphatic heterocycles. The van der Waals surface area contributed by atoms with Crippen LogP contribution in [-0.4, -0.2) is 28.7 Å². The van der Waals surface area contributed by atoms with Crippen LogP contribution >= 0.6 is 15.9 Å². The number of rotatable bonds is 6. The minimum Gasteiger partial charge on any atom is -0.489 e. The summed E-state index contributed by atoms with van der Waals surface area (Å²) in [5.74, 6) is 0.755. The van der Waals surface area contributed by atoms with Gasteiger partial charge in [0.15, 0.2) is 11.3 Å². The van der Waals surface area contributed by atoms with Gasteiger partial charge < -0.3 is 14.1 Å². The van der Waals surface area contributed by atoms with E-state index in [1.54, 1.807) is 7.05 Å². The van der Waals surface area contributed by atoms with Crippen molar-refractivity contribution in [2.75, 3.05) is 19.1 Å². The van der Waals surface area contributed by atoms with E-state index in [-0.39, 0.29) is 28.9 Å². The van der Waals surface area contributed by atoms with Gasteiger partial charge >= 0.3 is 0 Å². The summed E-state index contributed by atoms with van der Waals surface area (Å²) in [5.41, 5.74) is 3.32. The van der Waals surface area contributed by atoms with Crippen molar-refractivity contribution >= 4 is 33.0 Å². The summed E-state index contributed by atoms with van der Waals surface area (Å²) in [6.07, 6.45) is 0. The summed E-state index contributed by atoms with van der Waals surface area (Å²) in [6, 6.07) is 25.4. The Labute approximate surface area is 210 Å². The third-order valence-electron chi connectivity index (χ3n) is 5.91. The molecule has 2 aromatic heterocycles. The maximum atomic E-state index is 13.4. The molecule has 0 amide bonds. The van der Waals surface area contributed by atoms with Crippen LogP contribution < -0.4 is 15.2 Å². The van der Waals surface area contributed by atoms with Gasteiger partial charge in [0.05, 0.1) is 13.2 Å². The van der Waals surface area contributed by atoms with E-state index in [1.807, 2.05) is 66.5 Å². The SMILES string of the molecule is COc1c(-c2nc3ccccc3o2)nc(N(C)[C@@H](c2ccccc2)c2cccc(Br)c2)n(C)c1=O. The molecule has 1 atom stereocenters. The van der Waals surface area contributed by atoms with Crippen LogP contribution in [0.2, 0.25) is 0 Å². The number of nitrogens with zero attached hydrogens (tertiary/aromatic N) is 4. The average Bonchev–Trinajstić information content (AvgIpc) is 3.30. The second-order valence-corrected chi connectivity index (χ2v) is 9.04. The molecule has 3 aromatic carbocycles. The number of ether oxygens (including phenoxy) is 1. The zero-order valence-electron chi connectivity index (χ0n) is 19.5. The molecule has 0 aliphatic carbocycles. The van der Waals surface area contributed by atoms with Crippen LogP contribution in [0.3, 0.4) is 0 Å². The zero-order valence-corrected chi connectivity index (χ0v) is 21.1. The van der Waals surface area contributed by atoms with Gasteiger partial charge in [-0.15, -0.1) is 0 Å². The monoisotopic (exact) mass is 530 g/mol. The van der Waals surface area contributed by atoms with Crippen molar-refractivity contribution in [3.63, 3.8) is 0 Å². The second kappa shape index (κ2) is 9.38. The van der Waals surface area contributed by atoms with Crippen molar-refractivity contribution in [3.05, 3.63) is 105 Å². The number of halogens is 1. The van der Waals surface area contributed by atoms with Gasteiger partial charge in [0, 0.05) is 18.6 Å². The third-order valence-corrected chi connectivity index (χ3v) is 6.40. The fourth-order valence-corrected chi connectivity index (χ4v) is 4.67. The molecule has 8 heteroatoms. The van der Waals surface area contributed by atoms with E-state index in [0.717, 1.165) is 15.6 Å². The first-order chi connectivity index (χ1) is 17.0. The predicted molar refractivity (Wildman–Crippen MR) is 140 cm³/mol. The highest BCUT2D eigenvalue weighted by Gasteiger charge is 2.27. The highest BCUT2D eigenvalue weighted by molar-refractivity contribution is 9.10. The summed E-state index contributed by atoms with van der Waals surface area (Å²) < 4.78 is 13.9. The molecule has 176 valence electrons. The molecule has 0 bridgehead atoms. The number of hydrogen-bond donors (Lipinski definition) is 0. The molecule has 2 heterocycles. The number of aromatic nitrogens is 3. The number of anilines is 1. The standard InChI is InChI=1S/C27H23BrN4O3/c1-31(23(17-10-5-4-6-11-17)18-12-9-13-19(28)16-18)27-30-22(24(34-3)26(33)32(27)2)25-29-20-14-7-8-15-21(20)35-25/h4-16,23H,1-3H3/t23-/m0/s1. The van der Waals surface area contributed by atoms with Gasteiger partial charge in [0.25, 0.3) is 11.4 Å². The van der Waals surface area contributed by atoms with Crippen molar-refractivity contribution in [1.82, 2.24) is 14.5 Å². The first kappa shape index (κ1) is 22.9. The van der Waals surface area contributed by atoms with E-state index in [2.05, 4.69) is 45.2 Å². The quantitative estimate of drug-likeness (QED) is 0.285. The van der Waals surface area contributed by atoms with Crippen LogP contribution in [0.15, 0.2) is 92.5 Å². The lowest BCUT2D eigenvalue weighted by Crippen LogP contribution is -2.33. The van der Waals surface area contributed by atoms with E-state index in [4.69, 9.17) is 14.1 Å². The Bertz CT molecular complexity index is 1530. The number of fused-ring (bicyclic) bond motifs is 1. The highest BCUT2D eigenvalue weighted by Crippen LogP contribution is 2.34. The number of methoxy groups -OCH3 is 1. The molecule has 0 saturated heterocycles. The Morgan fingerprint density at radius 3 is 2.40 bits per heavy atom. The van der Waals surface area contributed by atoms with Crippen molar-refractivity contribution in [3.8, 4) is 17.3 Å².